The van der Waals surface area contributed by atoms with E-state index in [1.54, 1.807) is 0 Å². The number of rotatable bonds is 3. The highest BCUT2D eigenvalue weighted by Crippen LogP contribution is 2.26. The monoisotopic (exact) mass is 139 g/mol. The van der Waals surface area contributed by atoms with Crippen molar-refractivity contribution in [3.8, 4) is 0 Å². The molecule has 0 amide bonds. The maximum atomic E-state index is 9.99. The smallest absolute Gasteiger partial charge is 0.136 e. The quantitative estimate of drug-likeness (QED) is 0.478. The molecule has 0 saturated carbocycles. The van der Waals surface area contributed by atoms with Crippen molar-refractivity contribution in [3.05, 3.63) is 0 Å². The SMILES string of the molecule is CCCO[P+](=O)S. The Morgan fingerprint density at radius 1 is 1.86 bits per heavy atom. The van der Waals surface area contributed by atoms with Crippen LogP contribution >= 0.6 is 19.5 Å². The van der Waals surface area contributed by atoms with E-state index in [1.807, 2.05) is 6.92 Å². The van der Waals surface area contributed by atoms with Crippen LogP contribution < -0.4 is 0 Å². The molecule has 0 radical (unpaired) electrons. The minimum atomic E-state index is -1.66. The summed E-state index contributed by atoms with van der Waals surface area (Å²) in [6.07, 6.45) is 0.891. The van der Waals surface area contributed by atoms with Crippen LogP contribution in [0.4, 0.5) is 0 Å². The van der Waals surface area contributed by atoms with E-state index in [0.717, 1.165) is 6.42 Å². The zero-order valence-electron chi connectivity index (χ0n) is 4.13. The fourth-order valence-corrected chi connectivity index (χ4v) is 0.753. The predicted molar refractivity (Wildman–Crippen MR) is 32.8 cm³/mol. The second-order valence-corrected chi connectivity index (χ2v) is 2.78. The topological polar surface area (TPSA) is 26.3 Å². The van der Waals surface area contributed by atoms with Crippen molar-refractivity contribution in [2.75, 3.05) is 6.61 Å². The zero-order valence-corrected chi connectivity index (χ0v) is 5.91. The Labute approximate surface area is 49.3 Å². The Balaban J connectivity index is 2.82. The number of hydrogen-bond donors (Lipinski definition) is 1. The van der Waals surface area contributed by atoms with Crippen LogP contribution in [0.3, 0.4) is 0 Å². The molecule has 0 fully saturated rings. The third-order valence-corrected chi connectivity index (χ3v) is 1.16. The fraction of sp³-hybridized carbons (Fsp3) is 1.00. The molecule has 0 aliphatic carbocycles. The van der Waals surface area contributed by atoms with Crippen molar-refractivity contribution in [1.82, 2.24) is 0 Å². The van der Waals surface area contributed by atoms with Crippen LogP contribution in [0.5, 0.6) is 0 Å². The molecule has 2 nitrogen and oxygen atoms in total. The summed E-state index contributed by atoms with van der Waals surface area (Å²) in [7, 11) is -1.66. The Hall–Kier alpha value is 0.410. The van der Waals surface area contributed by atoms with Gasteiger partial charge in [-0.25, -0.2) is 0 Å². The molecule has 0 aliphatic heterocycles. The van der Waals surface area contributed by atoms with Gasteiger partial charge < -0.3 is 0 Å². The number of hydrogen-bond acceptors (Lipinski definition) is 2. The molecule has 0 aromatic carbocycles. The third-order valence-electron chi connectivity index (χ3n) is 0.406. The first-order chi connectivity index (χ1) is 3.27. The van der Waals surface area contributed by atoms with E-state index in [0.29, 0.717) is 6.61 Å². The Kier molecular flexibility index (Phi) is 4.83. The summed E-state index contributed by atoms with van der Waals surface area (Å²) < 4.78 is 14.6. The molecular formula is C3H8O2PS+. The summed E-state index contributed by atoms with van der Waals surface area (Å²) >= 11 is 3.52. The molecule has 0 heterocycles. The van der Waals surface area contributed by atoms with Crippen LogP contribution in [-0.4, -0.2) is 6.61 Å². The first kappa shape index (κ1) is 7.41. The maximum Gasteiger partial charge on any atom is 0.582 e. The molecule has 0 aromatic rings. The number of thiol groups is 1. The molecule has 0 N–H and O–H groups in total. The van der Waals surface area contributed by atoms with Gasteiger partial charge in [0.25, 0.3) is 0 Å². The zero-order chi connectivity index (χ0) is 5.70. The minimum absolute atomic E-state index is 0.540. The van der Waals surface area contributed by atoms with Gasteiger partial charge in [-0.05, 0) is 11.0 Å². The van der Waals surface area contributed by atoms with E-state index < -0.39 is 7.23 Å². The molecule has 0 aromatic heterocycles. The second kappa shape index (κ2) is 4.57. The van der Waals surface area contributed by atoms with Crippen molar-refractivity contribution in [3.63, 3.8) is 0 Å². The van der Waals surface area contributed by atoms with E-state index in [4.69, 9.17) is 0 Å². The Morgan fingerprint density at radius 2 is 2.43 bits per heavy atom. The first-order valence-corrected chi connectivity index (χ1v) is 4.39. The van der Waals surface area contributed by atoms with Gasteiger partial charge in [-0.1, -0.05) is 6.92 Å². The lowest BCUT2D eigenvalue weighted by atomic mass is 10.5. The summed E-state index contributed by atoms with van der Waals surface area (Å²) in [4.78, 5) is 0. The average Bonchev–Trinajstić information content (AvgIpc) is 1.61. The molecule has 0 spiro atoms. The van der Waals surface area contributed by atoms with E-state index in [2.05, 4.69) is 16.8 Å². The Morgan fingerprint density at radius 3 is 2.57 bits per heavy atom. The van der Waals surface area contributed by atoms with Gasteiger partial charge in [-0.15, -0.1) is 4.52 Å². The van der Waals surface area contributed by atoms with E-state index in [9.17, 15) is 4.57 Å². The normalized spacial score (nSPS) is 11.4. The van der Waals surface area contributed by atoms with Crippen molar-refractivity contribution >= 4 is 19.5 Å². The standard InChI is InChI=1S/C3H7O2PS/c1-2-3-5-6(4)7/h2-3H2,1H3/p+1. The third kappa shape index (κ3) is 6.41. The Bertz CT molecular complexity index is 66.0. The van der Waals surface area contributed by atoms with Gasteiger partial charge >= 0.3 is 7.23 Å². The van der Waals surface area contributed by atoms with Gasteiger partial charge in [0.1, 0.15) is 18.9 Å². The predicted octanol–water partition coefficient (Wildman–Crippen LogP) is 2.00. The molecule has 1 unspecified atom stereocenters. The van der Waals surface area contributed by atoms with Crippen molar-refractivity contribution < 1.29 is 9.09 Å². The van der Waals surface area contributed by atoms with Crippen molar-refractivity contribution in [1.29, 1.82) is 0 Å². The highest BCUT2D eigenvalue weighted by molar-refractivity contribution is 8.39. The van der Waals surface area contributed by atoms with Crippen LogP contribution in [0.1, 0.15) is 13.3 Å². The van der Waals surface area contributed by atoms with Crippen molar-refractivity contribution in [2.24, 2.45) is 0 Å². The van der Waals surface area contributed by atoms with E-state index in [-0.39, 0.29) is 0 Å². The van der Waals surface area contributed by atoms with E-state index in [1.165, 1.54) is 0 Å². The average molecular weight is 139 g/mol. The summed E-state index contributed by atoms with van der Waals surface area (Å²) in [5.74, 6) is 0. The summed E-state index contributed by atoms with van der Waals surface area (Å²) in [5.41, 5.74) is 0. The molecular weight excluding hydrogens is 131 g/mol. The van der Waals surface area contributed by atoms with Crippen LogP contribution in [0.15, 0.2) is 0 Å². The summed E-state index contributed by atoms with van der Waals surface area (Å²) in [5, 5.41) is 0. The summed E-state index contributed by atoms with van der Waals surface area (Å²) in [6, 6.07) is 0. The van der Waals surface area contributed by atoms with E-state index >= 15 is 0 Å². The minimum Gasteiger partial charge on any atom is -0.136 e. The van der Waals surface area contributed by atoms with Crippen LogP contribution in [0.25, 0.3) is 0 Å². The molecule has 0 aliphatic rings. The highest BCUT2D eigenvalue weighted by Gasteiger charge is 2.05. The largest absolute Gasteiger partial charge is 0.582 e. The molecule has 0 bridgehead atoms. The van der Waals surface area contributed by atoms with Crippen LogP contribution in [-0.2, 0) is 9.09 Å². The molecule has 42 valence electrons. The second-order valence-electron chi connectivity index (χ2n) is 1.07. The van der Waals surface area contributed by atoms with Gasteiger partial charge in [0.2, 0.25) is 0 Å². The molecule has 1 atom stereocenters. The maximum absolute atomic E-state index is 9.99. The van der Waals surface area contributed by atoms with Crippen LogP contribution in [0.2, 0.25) is 0 Å². The first-order valence-electron chi connectivity index (χ1n) is 2.06. The lowest BCUT2D eigenvalue weighted by Gasteiger charge is -1.77. The molecule has 4 heteroatoms. The van der Waals surface area contributed by atoms with Crippen LogP contribution in [0, 0.1) is 0 Å². The van der Waals surface area contributed by atoms with Crippen molar-refractivity contribution in [2.45, 2.75) is 13.3 Å². The lowest BCUT2D eigenvalue weighted by Crippen LogP contribution is -1.77. The molecule has 7 heavy (non-hydrogen) atoms. The van der Waals surface area contributed by atoms with Gasteiger partial charge in [-0.3, -0.25) is 0 Å². The van der Waals surface area contributed by atoms with Gasteiger partial charge in [0.15, 0.2) is 0 Å². The van der Waals surface area contributed by atoms with Gasteiger partial charge in [0.05, 0.1) is 0 Å². The van der Waals surface area contributed by atoms with Gasteiger partial charge in [-0.2, -0.15) is 0 Å². The molecule has 0 saturated heterocycles. The molecule has 0 rings (SSSR count). The van der Waals surface area contributed by atoms with Gasteiger partial charge in [0, 0.05) is 0 Å². The fourth-order valence-electron chi connectivity index (χ4n) is 0.169. The lowest BCUT2D eigenvalue weighted by molar-refractivity contribution is 0.339. The highest BCUT2D eigenvalue weighted by atomic mass is 32.7. The summed E-state index contributed by atoms with van der Waals surface area (Å²) in [6.45, 7) is 2.49.